The van der Waals surface area contributed by atoms with Gasteiger partial charge in [-0.05, 0) is 44.5 Å². The van der Waals surface area contributed by atoms with Crippen molar-refractivity contribution in [1.29, 1.82) is 0 Å². The second-order valence-electron chi connectivity index (χ2n) is 6.05. The normalized spacial score (nSPS) is 15.3. The molecule has 1 aliphatic rings. The molecule has 2 heterocycles. The molecule has 1 aromatic carbocycles. The number of carboxylic acids is 1. The Kier molecular flexibility index (Phi) is 7.25. The molecule has 1 saturated heterocycles. The van der Waals surface area contributed by atoms with E-state index < -0.39 is 12.1 Å². The fourth-order valence-electron chi connectivity index (χ4n) is 2.58. The number of benzene rings is 1. The lowest BCUT2D eigenvalue weighted by Gasteiger charge is -2.21. The molecule has 1 aliphatic heterocycles. The highest BCUT2D eigenvalue weighted by Gasteiger charge is 2.38. The highest BCUT2D eigenvalue weighted by atomic mass is 32.2. The van der Waals surface area contributed by atoms with E-state index in [2.05, 4.69) is 15.3 Å². The van der Waals surface area contributed by atoms with Gasteiger partial charge in [-0.3, -0.25) is 4.79 Å². The lowest BCUT2D eigenvalue weighted by atomic mass is 10.1. The maximum Gasteiger partial charge on any atom is 0.490 e. The first-order valence-electron chi connectivity index (χ1n) is 8.29. The van der Waals surface area contributed by atoms with Gasteiger partial charge in [0.15, 0.2) is 0 Å². The van der Waals surface area contributed by atoms with Gasteiger partial charge in [0.2, 0.25) is 0 Å². The van der Waals surface area contributed by atoms with E-state index in [0.717, 1.165) is 35.7 Å². The number of hydrogen-bond donors (Lipinski definition) is 3. The first kappa shape index (κ1) is 21.2. The van der Waals surface area contributed by atoms with Crippen LogP contribution in [0.4, 0.5) is 13.2 Å². The molecule has 3 N–H and O–H groups in total. The Labute approximate surface area is 157 Å². The number of carbonyl (C=O) groups is 1. The Morgan fingerprint density at radius 2 is 1.96 bits per heavy atom. The van der Waals surface area contributed by atoms with Crippen molar-refractivity contribution >= 4 is 28.6 Å². The molecule has 0 aliphatic carbocycles. The van der Waals surface area contributed by atoms with Crippen LogP contribution < -0.4 is 10.9 Å². The number of aromatic amines is 1. The van der Waals surface area contributed by atoms with E-state index in [1.165, 1.54) is 12.8 Å². The molecule has 6 nitrogen and oxygen atoms in total. The van der Waals surface area contributed by atoms with E-state index in [-0.39, 0.29) is 5.56 Å². The van der Waals surface area contributed by atoms with Crippen LogP contribution in [0.1, 0.15) is 24.2 Å². The fourth-order valence-corrected chi connectivity index (χ4v) is 3.68. The summed E-state index contributed by atoms with van der Waals surface area (Å²) in [7, 11) is 0. The van der Waals surface area contributed by atoms with Crippen molar-refractivity contribution in [2.45, 2.75) is 36.9 Å². The lowest BCUT2D eigenvalue weighted by Crippen LogP contribution is -2.29. The SMILES string of the molecule is Cc1cccc2c(=O)[nH]c(CSC3CCNCC3)nc12.O=C(O)C(F)(F)F. The van der Waals surface area contributed by atoms with Gasteiger partial charge in [0, 0.05) is 5.25 Å². The Balaban J connectivity index is 0.000000321. The van der Waals surface area contributed by atoms with Crippen molar-refractivity contribution in [3.8, 4) is 0 Å². The number of alkyl halides is 3. The number of piperidine rings is 1. The molecule has 0 atom stereocenters. The van der Waals surface area contributed by atoms with Gasteiger partial charge in [-0.25, -0.2) is 9.78 Å². The van der Waals surface area contributed by atoms with E-state index in [0.29, 0.717) is 10.6 Å². The maximum absolute atomic E-state index is 12.1. The summed E-state index contributed by atoms with van der Waals surface area (Å²) in [6.07, 6.45) is -2.69. The van der Waals surface area contributed by atoms with Crippen LogP contribution in [0.5, 0.6) is 0 Å². The van der Waals surface area contributed by atoms with Crippen molar-refractivity contribution in [1.82, 2.24) is 15.3 Å². The Morgan fingerprint density at radius 3 is 2.56 bits per heavy atom. The number of rotatable bonds is 3. The number of aryl methyl sites for hydroxylation is 1. The molecule has 1 fully saturated rings. The van der Waals surface area contributed by atoms with Crippen LogP contribution in [0.3, 0.4) is 0 Å². The molecule has 0 unspecified atom stereocenters. The summed E-state index contributed by atoms with van der Waals surface area (Å²) in [5.41, 5.74) is 1.86. The topological polar surface area (TPSA) is 95.1 Å². The number of nitrogens with one attached hydrogen (secondary N) is 2. The monoisotopic (exact) mass is 403 g/mol. The molecule has 148 valence electrons. The number of nitrogens with zero attached hydrogens (tertiary/aromatic N) is 1. The Morgan fingerprint density at radius 1 is 1.33 bits per heavy atom. The number of thioether (sulfide) groups is 1. The van der Waals surface area contributed by atoms with Crippen LogP contribution in [0.25, 0.3) is 10.9 Å². The first-order valence-corrected chi connectivity index (χ1v) is 9.34. The van der Waals surface area contributed by atoms with Crippen molar-refractivity contribution < 1.29 is 23.1 Å². The zero-order valence-corrected chi connectivity index (χ0v) is 15.4. The number of carboxylic acid groups (broad SMARTS) is 1. The van der Waals surface area contributed by atoms with Gasteiger partial charge in [0.25, 0.3) is 5.56 Å². The van der Waals surface area contributed by atoms with E-state index in [1.54, 1.807) is 0 Å². The van der Waals surface area contributed by atoms with Crippen LogP contribution >= 0.6 is 11.8 Å². The van der Waals surface area contributed by atoms with E-state index in [9.17, 15) is 18.0 Å². The predicted molar refractivity (Wildman–Crippen MR) is 98.0 cm³/mol. The third-order valence-corrected chi connectivity index (χ3v) is 5.35. The van der Waals surface area contributed by atoms with Crippen molar-refractivity contribution in [3.63, 3.8) is 0 Å². The van der Waals surface area contributed by atoms with Gasteiger partial charge in [-0.2, -0.15) is 24.9 Å². The smallest absolute Gasteiger partial charge is 0.475 e. The van der Waals surface area contributed by atoms with Crippen LogP contribution in [0, 0.1) is 6.92 Å². The van der Waals surface area contributed by atoms with Crippen molar-refractivity contribution in [2.24, 2.45) is 0 Å². The van der Waals surface area contributed by atoms with Crippen molar-refractivity contribution in [2.75, 3.05) is 13.1 Å². The molecule has 27 heavy (non-hydrogen) atoms. The predicted octanol–water partition coefficient (Wildman–Crippen LogP) is 2.85. The zero-order chi connectivity index (χ0) is 20.0. The van der Waals surface area contributed by atoms with Gasteiger partial charge in [0.1, 0.15) is 5.82 Å². The summed E-state index contributed by atoms with van der Waals surface area (Å²) in [5, 5.41) is 11.8. The molecule has 10 heteroatoms. The van der Waals surface area contributed by atoms with Crippen LogP contribution in [-0.4, -0.2) is 45.6 Å². The number of halogens is 3. The summed E-state index contributed by atoms with van der Waals surface area (Å²) < 4.78 is 31.7. The minimum Gasteiger partial charge on any atom is -0.475 e. The summed E-state index contributed by atoms with van der Waals surface area (Å²) in [5.74, 6) is -1.18. The van der Waals surface area contributed by atoms with Gasteiger partial charge in [0.05, 0.1) is 16.7 Å². The van der Waals surface area contributed by atoms with Gasteiger partial charge >= 0.3 is 12.1 Å². The molecule has 2 aromatic rings. The Hall–Kier alpha value is -2.07. The molecule has 3 rings (SSSR count). The van der Waals surface area contributed by atoms with Crippen LogP contribution in [-0.2, 0) is 10.5 Å². The largest absolute Gasteiger partial charge is 0.490 e. The van der Waals surface area contributed by atoms with E-state index in [1.807, 2.05) is 36.9 Å². The average Bonchev–Trinajstić information content (AvgIpc) is 2.61. The average molecular weight is 403 g/mol. The van der Waals surface area contributed by atoms with Crippen molar-refractivity contribution in [3.05, 3.63) is 39.9 Å². The quantitative estimate of drug-likeness (QED) is 0.730. The summed E-state index contributed by atoms with van der Waals surface area (Å²) in [6.45, 7) is 4.19. The number of hydrogen-bond acceptors (Lipinski definition) is 5. The molecular formula is C17H20F3N3O3S. The third kappa shape index (κ3) is 6.24. The zero-order valence-electron chi connectivity index (χ0n) is 14.6. The molecule has 0 bridgehead atoms. The van der Waals surface area contributed by atoms with Crippen LogP contribution in [0.15, 0.2) is 23.0 Å². The number of aliphatic carboxylic acids is 1. The van der Waals surface area contributed by atoms with Gasteiger partial charge in [-0.1, -0.05) is 12.1 Å². The molecule has 0 radical (unpaired) electrons. The number of H-pyrrole nitrogens is 1. The summed E-state index contributed by atoms with van der Waals surface area (Å²) >= 11 is 1.90. The highest BCUT2D eigenvalue weighted by molar-refractivity contribution is 7.99. The second-order valence-corrected chi connectivity index (χ2v) is 7.34. The van der Waals surface area contributed by atoms with Gasteiger partial charge in [-0.15, -0.1) is 0 Å². The van der Waals surface area contributed by atoms with E-state index >= 15 is 0 Å². The molecule has 1 aromatic heterocycles. The second kappa shape index (κ2) is 9.23. The minimum atomic E-state index is -5.08. The summed E-state index contributed by atoms with van der Waals surface area (Å²) in [4.78, 5) is 28.5. The number of para-hydroxylation sites is 1. The first-order chi connectivity index (χ1) is 12.7. The van der Waals surface area contributed by atoms with Crippen LogP contribution in [0.2, 0.25) is 0 Å². The third-order valence-electron chi connectivity index (χ3n) is 3.97. The molecular weight excluding hydrogens is 383 g/mol. The number of fused-ring (bicyclic) bond motifs is 1. The van der Waals surface area contributed by atoms with E-state index in [4.69, 9.17) is 9.90 Å². The fraction of sp³-hybridized carbons (Fsp3) is 0.471. The minimum absolute atomic E-state index is 0.0281. The summed E-state index contributed by atoms with van der Waals surface area (Å²) in [6, 6.07) is 5.73. The Bertz CT molecular complexity index is 849. The molecule has 0 amide bonds. The maximum atomic E-state index is 12.1. The number of aromatic nitrogens is 2. The lowest BCUT2D eigenvalue weighted by molar-refractivity contribution is -0.192. The standard InChI is InChI=1S/C15H19N3OS.C2HF3O2/c1-10-3-2-4-12-14(10)17-13(18-15(12)19)9-20-11-5-7-16-8-6-11;3-2(4,5)1(6)7/h2-4,11,16H,5-9H2,1H3,(H,17,18,19);(H,6,7). The molecule has 0 saturated carbocycles. The molecule has 0 spiro atoms. The van der Waals surface area contributed by atoms with Gasteiger partial charge < -0.3 is 15.4 Å². The highest BCUT2D eigenvalue weighted by Crippen LogP contribution is 2.23.